The van der Waals surface area contributed by atoms with Gasteiger partial charge in [-0.3, -0.25) is 4.79 Å². The number of rotatable bonds is 8. The minimum Gasteiger partial charge on any atom is -0.496 e. The number of aromatic carboxylic acids is 1. The molecule has 1 aromatic heterocycles. The molecule has 0 fully saturated rings. The van der Waals surface area contributed by atoms with E-state index in [9.17, 15) is 9.59 Å². The van der Waals surface area contributed by atoms with Crippen LogP contribution in [0.2, 0.25) is 0 Å². The zero-order valence-electron chi connectivity index (χ0n) is 13.4. The molecule has 2 aromatic rings. The molecular formula is C16H18N2O5S. The fraction of sp³-hybridized carbons (Fsp3) is 0.312. The van der Waals surface area contributed by atoms with Crippen LogP contribution in [0.5, 0.6) is 11.5 Å². The summed E-state index contributed by atoms with van der Waals surface area (Å²) in [5, 5.41) is 13.8. The lowest BCUT2D eigenvalue weighted by atomic mass is 10.1. The summed E-state index contributed by atoms with van der Waals surface area (Å²) < 4.78 is 10.5. The average Bonchev–Trinajstić information content (AvgIpc) is 3.04. The molecule has 0 bridgehead atoms. The maximum Gasteiger partial charge on any atom is 0.355 e. The minimum atomic E-state index is -1.05. The van der Waals surface area contributed by atoms with Gasteiger partial charge in [-0.2, -0.15) is 0 Å². The van der Waals surface area contributed by atoms with Crippen LogP contribution in [0, 0.1) is 0 Å². The molecule has 24 heavy (non-hydrogen) atoms. The number of aromatic nitrogens is 1. The highest BCUT2D eigenvalue weighted by atomic mass is 32.1. The number of benzene rings is 1. The van der Waals surface area contributed by atoms with Gasteiger partial charge in [-0.25, -0.2) is 9.78 Å². The van der Waals surface area contributed by atoms with E-state index in [1.807, 2.05) is 0 Å². The van der Waals surface area contributed by atoms with Gasteiger partial charge in [0.15, 0.2) is 5.69 Å². The normalized spacial score (nSPS) is 10.2. The Balaban J connectivity index is 1.90. The summed E-state index contributed by atoms with van der Waals surface area (Å²) >= 11 is 1.26. The molecule has 0 saturated heterocycles. The third-order valence-electron chi connectivity index (χ3n) is 3.30. The van der Waals surface area contributed by atoms with Crippen molar-refractivity contribution in [3.05, 3.63) is 39.8 Å². The summed E-state index contributed by atoms with van der Waals surface area (Å²) in [6.07, 6.45) is 0.609. The van der Waals surface area contributed by atoms with Gasteiger partial charge >= 0.3 is 5.97 Å². The first-order valence-corrected chi connectivity index (χ1v) is 8.07. The quantitative estimate of drug-likeness (QED) is 0.753. The van der Waals surface area contributed by atoms with Crippen LogP contribution >= 0.6 is 11.3 Å². The number of methoxy groups -OCH3 is 2. The first-order valence-electron chi connectivity index (χ1n) is 7.19. The van der Waals surface area contributed by atoms with E-state index in [-0.39, 0.29) is 18.0 Å². The molecule has 7 nitrogen and oxygen atoms in total. The molecule has 0 radical (unpaired) electrons. The number of ether oxygens (including phenoxy) is 2. The van der Waals surface area contributed by atoms with Gasteiger partial charge in [0.1, 0.15) is 11.5 Å². The van der Waals surface area contributed by atoms with Crippen molar-refractivity contribution in [2.45, 2.75) is 12.8 Å². The number of hydrogen-bond acceptors (Lipinski definition) is 6. The SMILES string of the molecule is COc1cccc(OC)c1CC(=O)NCCc1nc(C(=O)O)cs1. The molecular weight excluding hydrogens is 332 g/mol. The van der Waals surface area contributed by atoms with Crippen molar-refractivity contribution >= 4 is 23.2 Å². The molecule has 0 spiro atoms. The second kappa shape index (κ2) is 8.30. The van der Waals surface area contributed by atoms with Crippen LogP contribution in [0.4, 0.5) is 0 Å². The van der Waals surface area contributed by atoms with Crippen molar-refractivity contribution in [1.29, 1.82) is 0 Å². The second-order valence-electron chi connectivity index (χ2n) is 4.85. The molecule has 0 aliphatic carbocycles. The number of hydrogen-bond donors (Lipinski definition) is 2. The summed E-state index contributed by atoms with van der Waals surface area (Å²) in [5.74, 6) is -0.0383. The lowest BCUT2D eigenvalue weighted by Crippen LogP contribution is -2.27. The Bertz CT molecular complexity index is 707. The average molecular weight is 350 g/mol. The summed E-state index contributed by atoms with van der Waals surface area (Å²) in [6.45, 7) is 0.378. The Morgan fingerprint density at radius 3 is 2.46 bits per heavy atom. The van der Waals surface area contributed by atoms with Crippen molar-refractivity contribution in [3.63, 3.8) is 0 Å². The fourth-order valence-electron chi connectivity index (χ4n) is 2.16. The van der Waals surface area contributed by atoms with E-state index in [0.29, 0.717) is 35.0 Å². The van der Waals surface area contributed by atoms with Crippen molar-refractivity contribution in [2.24, 2.45) is 0 Å². The zero-order chi connectivity index (χ0) is 17.5. The van der Waals surface area contributed by atoms with Crippen LogP contribution in [0.1, 0.15) is 21.1 Å². The van der Waals surface area contributed by atoms with Crippen molar-refractivity contribution in [2.75, 3.05) is 20.8 Å². The summed E-state index contributed by atoms with van der Waals surface area (Å²) in [4.78, 5) is 26.9. The largest absolute Gasteiger partial charge is 0.496 e. The molecule has 0 unspecified atom stereocenters. The molecule has 0 aliphatic heterocycles. The highest BCUT2D eigenvalue weighted by molar-refractivity contribution is 7.09. The van der Waals surface area contributed by atoms with Gasteiger partial charge in [0.2, 0.25) is 5.91 Å². The fourth-order valence-corrected chi connectivity index (χ4v) is 2.93. The van der Waals surface area contributed by atoms with E-state index >= 15 is 0 Å². The number of amides is 1. The molecule has 0 saturated carbocycles. The van der Waals surface area contributed by atoms with Crippen LogP contribution in [-0.4, -0.2) is 42.7 Å². The van der Waals surface area contributed by atoms with E-state index in [1.54, 1.807) is 32.4 Å². The topological polar surface area (TPSA) is 97.8 Å². The summed E-state index contributed by atoms with van der Waals surface area (Å²) in [7, 11) is 3.08. The number of carbonyl (C=O) groups is 2. The van der Waals surface area contributed by atoms with Gasteiger partial charge in [0, 0.05) is 23.9 Å². The lowest BCUT2D eigenvalue weighted by molar-refractivity contribution is -0.120. The molecule has 1 amide bonds. The number of carboxylic acids is 1. The van der Waals surface area contributed by atoms with Crippen LogP contribution in [0.15, 0.2) is 23.6 Å². The molecule has 8 heteroatoms. The third kappa shape index (κ3) is 4.45. The molecule has 2 N–H and O–H groups in total. The molecule has 128 valence electrons. The van der Waals surface area contributed by atoms with Gasteiger partial charge in [0.05, 0.1) is 25.6 Å². The molecule has 2 rings (SSSR count). The summed E-state index contributed by atoms with van der Waals surface area (Å²) in [5.41, 5.74) is 0.711. The maximum absolute atomic E-state index is 12.1. The smallest absolute Gasteiger partial charge is 0.355 e. The zero-order valence-corrected chi connectivity index (χ0v) is 14.2. The van der Waals surface area contributed by atoms with E-state index in [1.165, 1.54) is 16.7 Å². The number of nitrogens with one attached hydrogen (secondary N) is 1. The minimum absolute atomic E-state index is 0.0279. The highest BCUT2D eigenvalue weighted by Crippen LogP contribution is 2.28. The summed E-state index contributed by atoms with van der Waals surface area (Å²) in [6, 6.07) is 5.34. The third-order valence-corrected chi connectivity index (χ3v) is 4.21. The Kier molecular flexibility index (Phi) is 6.14. The Morgan fingerprint density at radius 1 is 1.25 bits per heavy atom. The maximum atomic E-state index is 12.1. The number of thiazole rings is 1. The molecule has 0 atom stereocenters. The van der Waals surface area contributed by atoms with E-state index < -0.39 is 5.97 Å². The van der Waals surface area contributed by atoms with Crippen LogP contribution in [0.3, 0.4) is 0 Å². The molecule has 0 aliphatic rings. The van der Waals surface area contributed by atoms with Crippen LogP contribution in [0.25, 0.3) is 0 Å². The van der Waals surface area contributed by atoms with Gasteiger partial charge in [0.25, 0.3) is 0 Å². The van der Waals surface area contributed by atoms with Gasteiger partial charge in [-0.1, -0.05) is 6.07 Å². The number of nitrogens with zero attached hydrogens (tertiary/aromatic N) is 1. The Hall–Kier alpha value is -2.61. The Labute approximate surface area is 143 Å². The highest BCUT2D eigenvalue weighted by Gasteiger charge is 2.14. The van der Waals surface area contributed by atoms with Crippen molar-refractivity contribution < 1.29 is 24.2 Å². The van der Waals surface area contributed by atoms with Crippen LogP contribution in [-0.2, 0) is 17.6 Å². The predicted octanol–water partition coefficient (Wildman–Crippen LogP) is 1.76. The van der Waals surface area contributed by atoms with Gasteiger partial charge in [-0.15, -0.1) is 11.3 Å². The lowest BCUT2D eigenvalue weighted by Gasteiger charge is -2.12. The van der Waals surface area contributed by atoms with Gasteiger partial charge in [-0.05, 0) is 12.1 Å². The number of carboxylic acid groups (broad SMARTS) is 1. The first kappa shape index (κ1) is 17.7. The van der Waals surface area contributed by atoms with Crippen molar-refractivity contribution in [1.82, 2.24) is 10.3 Å². The predicted molar refractivity (Wildman–Crippen MR) is 89.0 cm³/mol. The van der Waals surface area contributed by atoms with Gasteiger partial charge < -0.3 is 19.9 Å². The monoisotopic (exact) mass is 350 g/mol. The first-order chi connectivity index (χ1) is 11.5. The number of carbonyl (C=O) groups excluding carboxylic acids is 1. The van der Waals surface area contributed by atoms with E-state index in [0.717, 1.165) is 0 Å². The second-order valence-corrected chi connectivity index (χ2v) is 5.79. The standard InChI is InChI=1S/C16H18N2O5S/c1-22-12-4-3-5-13(23-2)10(12)8-14(19)17-7-6-15-18-11(9-24-15)16(20)21/h3-5,9H,6-8H2,1-2H3,(H,17,19)(H,20,21). The van der Waals surface area contributed by atoms with Crippen LogP contribution < -0.4 is 14.8 Å². The van der Waals surface area contributed by atoms with E-state index in [4.69, 9.17) is 14.6 Å². The van der Waals surface area contributed by atoms with Crippen molar-refractivity contribution in [3.8, 4) is 11.5 Å². The Morgan fingerprint density at radius 2 is 1.92 bits per heavy atom. The van der Waals surface area contributed by atoms with E-state index in [2.05, 4.69) is 10.3 Å². The molecule has 1 aromatic carbocycles. The molecule has 1 heterocycles.